The van der Waals surface area contributed by atoms with Crippen molar-refractivity contribution in [2.24, 2.45) is 7.05 Å². The van der Waals surface area contributed by atoms with E-state index >= 15 is 0 Å². The second kappa shape index (κ2) is 4.93. The molecule has 0 aliphatic rings. The first-order valence-electron chi connectivity index (χ1n) is 5.53. The number of aromatic nitrogens is 2. The molecule has 0 atom stereocenters. The van der Waals surface area contributed by atoms with E-state index in [0.29, 0.717) is 5.75 Å². The maximum Gasteiger partial charge on any atom is 0.362 e. The summed E-state index contributed by atoms with van der Waals surface area (Å²) >= 11 is 0. The van der Waals surface area contributed by atoms with Gasteiger partial charge in [0.25, 0.3) is 0 Å². The molecule has 0 fully saturated rings. The summed E-state index contributed by atoms with van der Waals surface area (Å²) in [5.74, 6) is -1.60. The highest BCUT2D eigenvalue weighted by atomic mass is 16.5. The quantitative estimate of drug-likeness (QED) is 0.670. The average molecular weight is 260 g/mol. The van der Waals surface area contributed by atoms with Gasteiger partial charge in [-0.3, -0.25) is 4.68 Å². The first-order chi connectivity index (χ1) is 8.99. The normalized spacial score (nSPS) is 10.2. The molecule has 0 bridgehead atoms. The predicted molar refractivity (Wildman–Crippen MR) is 66.3 cm³/mol. The molecule has 0 saturated heterocycles. The predicted octanol–water partition coefficient (Wildman–Crippen LogP) is 1.65. The van der Waals surface area contributed by atoms with Crippen LogP contribution in [0.5, 0.6) is 5.75 Å². The van der Waals surface area contributed by atoms with Gasteiger partial charge in [-0.05, 0) is 24.6 Å². The van der Waals surface area contributed by atoms with Gasteiger partial charge in [0, 0.05) is 7.05 Å². The number of carbonyl (C=O) groups excluding carboxylic acids is 1. The number of hydrogen-bond acceptors (Lipinski definition) is 4. The number of carboxylic acids is 1. The van der Waals surface area contributed by atoms with E-state index in [0.717, 1.165) is 11.8 Å². The van der Waals surface area contributed by atoms with Gasteiger partial charge >= 0.3 is 11.9 Å². The summed E-state index contributed by atoms with van der Waals surface area (Å²) in [5, 5.41) is 12.7. The van der Waals surface area contributed by atoms with Crippen LogP contribution in [0.4, 0.5) is 0 Å². The minimum absolute atomic E-state index is 0.0889. The van der Waals surface area contributed by atoms with Crippen molar-refractivity contribution < 1.29 is 19.4 Å². The molecule has 0 radical (unpaired) electrons. The number of benzene rings is 1. The van der Waals surface area contributed by atoms with Gasteiger partial charge in [-0.1, -0.05) is 12.1 Å². The van der Waals surface area contributed by atoms with Gasteiger partial charge in [0.15, 0.2) is 5.69 Å². The van der Waals surface area contributed by atoms with Gasteiger partial charge in [-0.15, -0.1) is 0 Å². The number of rotatable bonds is 3. The Labute approximate surface area is 109 Å². The number of carboxylic acid groups (broad SMARTS) is 1. The zero-order valence-electron chi connectivity index (χ0n) is 10.5. The Hall–Kier alpha value is -2.63. The molecular formula is C13H12N2O4. The minimum Gasteiger partial charge on any atom is -0.478 e. The molecule has 0 spiro atoms. The molecule has 6 heteroatoms. The summed E-state index contributed by atoms with van der Waals surface area (Å²) in [6, 6.07) is 6.93. The van der Waals surface area contributed by atoms with E-state index in [-0.39, 0.29) is 11.3 Å². The van der Waals surface area contributed by atoms with Crippen molar-refractivity contribution in [2.75, 3.05) is 0 Å². The number of aromatic carboxylic acids is 1. The van der Waals surface area contributed by atoms with Crippen molar-refractivity contribution in [2.45, 2.75) is 6.92 Å². The third-order valence-corrected chi connectivity index (χ3v) is 2.56. The minimum atomic E-state index is -1.22. The molecular weight excluding hydrogens is 248 g/mol. The Morgan fingerprint density at radius 2 is 2.11 bits per heavy atom. The summed E-state index contributed by atoms with van der Waals surface area (Å²) in [6.45, 7) is 1.87. The molecule has 19 heavy (non-hydrogen) atoms. The van der Waals surface area contributed by atoms with Gasteiger partial charge in [0.05, 0.1) is 6.20 Å². The van der Waals surface area contributed by atoms with Crippen molar-refractivity contribution in [1.82, 2.24) is 9.78 Å². The monoisotopic (exact) mass is 260 g/mol. The van der Waals surface area contributed by atoms with Crippen molar-refractivity contribution >= 4 is 11.9 Å². The summed E-state index contributed by atoms with van der Waals surface area (Å²) in [5.41, 5.74) is 0.669. The summed E-state index contributed by atoms with van der Waals surface area (Å²) < 4.78 is 6.33. The Morgan fingerprint density at radius 1 is 1.37 bits per heavy atom. The molecule has 0 aliphatic carbocycles. The lowest BCUT2D eigenvalue weighted by molar-refractivity contribution is 0.0663. The molecule has 2 aromatic rings. The number of esters is 1. The molecule has 2 rings (SSSR count). The first-order valence-corrected chi connectivity index (χ1v) is 5.53. The SMILES string of the molecule is Cc1cccc(OC(=O)c2c(C(=O)O)cnn2C)c1. The van der Waals surface area contributed by atoms with E-state index in [4.69, 9.17) is 9.84 Å². The standard InChI is InChI=1S/C13H12N2O4/c1-8-4-3-5-9(6-8)19-13(18)11-10(12(16)17)7-14-15(11)2/h3-7H,1-2H3,(H,16,17). The highest BCUT2D eigenvalue weighted by Crippen LogP contribution is 2.16. The van der Waals surface area contributed by atoms with Gasteiger partial charge in [0.1, 0.15) is 11.3 Å². The second-order valence-electron chi connectivity index (χ2n) is 4.04. The fraction of sp³-hybridized carbons (Fsp3) is 0.154. The molecule has 1 N–H and O–H groups in total. The summed E-state index contributed by atoms with van der Waals surface area (Å²) in [4.78, 5) is 23.0. The topological polar surface area (TPSA) is 81.4 Å². The van der Waals surface area contributed by atoms with Crippen LogP contribution in [0.1, 0.15) is 26.4 Å². The van der Waals surface area contributed by atoms with Gasteiger partial charge in [-0.2, -0.15) is 5.10 Å². The number of carbonyl (C=O) groups is 2. The number of aryl methyl sites for hydroxylation is 2. The Kier molecular flexibility index (Phi) is 3.33. The van der Waals surface area contributed by atoms with E-state index in [1.807, 2.05) is 13.0 Å². The Bertz CT molecular complexity index is 646. The highest BCUT2D eigenvalue weighted by molar-refractivity contribution is 6.01. The van der Waals surface area contributed by atoms with E-state index < -0.39 is 11.9 Å². The van der Waals surface area contributed by atoms with Crippen LogP contribution in [0, 0.1) is 6.92 Å². The van der Waals surface area contributed by atoms with Crippen molar-refractivity contribution in [1.29, 1.82) is 0 Å². The molecule has 1 heterocycles. The Morgan fingerprint density at radius 3 is 2.74 bits per heavy atom. The molecule has 6 nitrogen and oxygen atoms in total. The van der Waals surface area contributed by atoms with Crippen LogP contribution in [-0.4, -0.2) is 26.8 Å². The lowest BCUT2D eigenvalue weighted by atomic mass is 10.2. The molecule has 0 saturated carbocycles. The lowest BCUT2D eigenvalue weighted by Gasteiger charge is -2.06. The average Bonchev–Trinajstić information content (AvgIpc) is 2.71. The van der Waals surface area contributed by atoms with Gasteiger partial charge in [-0.25, -0.2) is 9.59 Å². The van der Waals surface area contributed by atoms with Crippen LogP contribution in [0.15, 0.2) is 30.5 Å². The molecule has 0 amide bonds. The summed E-state index contributed by atoms with van der Waals surface area (Å²) in [6.07, 6.45) is 1.12. The van der Waals surface area contributed by atoms with Gasteiger partial charge in [0.2, 0.25) is 0 Å². The molecule has 1 aromatic carbocycles. The third kappa shape index (κ3) is 2.62. The zero-order valence-corrected chi connectivity index (χ0v) is 10.5. The van der Waals surface area contributed by atoms with E-state index in [2.05, 4.69) is 5.10 Å². The van der Waals surface area contributed by atoms with Crippen LogP contribution in [0.2, 0.25) is 0 Å². The second-order valence-corrected chi connectivity index (χ2v) is 4.04. The van der Waals surface area contributed by atoms with E-state index in [1.54, 1.807) is 18.2 Å². The Balaban J connectivity index is 2.30. The van der Waals surface area contributed by atoms with Crippen LogP contribution in [0.3, 0.4) is 0 Å². The molecule has 0 unspecified atom stereocenters. The number of ether oxygens (including phenoxy) is 1. The fourth-order valence-electron chi connectivity index (χ4n) is 1.67. The first kappa shape index (κ1) is 12.8. The van der Waals surface area contributed by atoms with Gasteiger partial charge < -0.3 is 9.84 Å². The summed E-state index contributed by atoms with van der Waals surface area (Å²) in [7, 11) is 1.49. The van der Waals surface area contributed by atoms with E-state index in [1.165, 1.54) is 11.7 Å². The maximum absolute atomic E-state index is 12.0. The zero-order chi connectivity index (χ0) is 14.0. The highest BCUT2D eigenvalue weighted by Gasteiger charge is 2.23. The third-order valence-electron chi connectivity index (χ3n) is 2.56. The lowest BCUT2D eigenvalue weighted by Crippen LogP contribution is -2.17. The van der Waals surface area contributed by atoms with Crippen LogP contribution in [-0.2, 0) is 7.05 Å². The van der Waals surface area contributed by atoms with Crippen molar-refractivity contribution in [3.8, 4) is 5.75 Å². The fourth-order valence-corrected chi connectivity index (χ4v) is 1.67. The maximum atomic E-state index is 12.0. The molecule has 1 aromatic heterocycles. The molecule has 0 aliphatic heterocycles. The van der Waals surface area contributed by atoms with Crippen LogP contribution >= 0.6 is 0 Å². The molecule has 98 valence electrons. The van der Waals surface area contributed by atoms with Crippen molar-refractivity contribution in [3.63, 3.8) is 0 Å². The van der Waals surface area contributed by atoms with Crippen molar-refractivity contribution in [3.05, 3.63) is 47.3 Å². The number of hydrogen-bond donors (Lipinski definition) is 1. The van der Waals surface area contributed by atoms with E-state index in [9.17, 15) is 9.59 Å². The van der Waals surface area contributed by atoms with Crippen LogP contribution < -0.4 is 4.74 Å². The van der Waals surface area contributed by atoms with Crippen LogP contribution in [0.25, 0.3) is 0 Å². The largest absolute Gasteiger partial charge is 0.478 e. The number of nitrogens with zero attached hydrogens (tertiary/aromatic N) is 2. The smallest absolute Gasteiger partial charge is 0.362 e.